The molecule has 2 saturated heterocycles. The Balaban J connectivity index is 1.90. The van der Waals surface area contributed by atoms with E-state index in [1.54, 1.807) is 17.5 Å². The number of fused-ring (bicyclic) bond motifs is 1. The van der Waals surface area contributed by atoms with Crippen LogP contribution in [0.1, 0.15) is 19.8 Å². The van der Waals surface area contributed by atoms with Crippen molar-refractivity contribution in [2.24, 2.45) is 11.3 Å². The monoisotopic (exact) mass is 358 g/mol. The summed E-state index contributed by atoms with van der Waals surface area (Å²) in [5.74, 6) is -0.939. The maximum atomic E-state index is 12.8. The van der Waals surface area contributed by atoms with E-state index < -0.39 is 21.4 Å². The van der Waals surface area contributed by atoms with Crippen LogP contribution in [-0.2, 0) is 14.8 Å². The number of thiophene rings is 1. The number of hydrogen-bond donors (Lipinski definition) is 1. The minimum atomic E-state index is -3.52. The first kappa shape index (κ1) is 16.9. The summed E-state index contributed by atoms with van der Waals surface area (Å²) in [5, 5.41) is 11.6. The van der Waals surface area contributed by atoms with Gasteiger partial charge in [0.1, 0.15) is 4.21 Å². The van der Waals surface area contributed by atoms with Crippen LogP contribution in [0.25, 0.3) is 0 Å². The van der Waals surface area contributed by atoms with Crippen molar-refractivity contribution in [1.29, 1.82) is 0 Å². The second kappa shape index (κ2) is 6.16. The topological polar surface area (TPSA) is 77.9 Å². The Morgan fingerprint density at radius 1 is 1.48 bits per heavy atom. The molecule has 0 radical (unpaired) electrons. The summed E-state index contributed by atoms with van der Waals surface area (Å²) in [6.45, 7) is 4.68. The molecule has 0 spiro atoms. The van der Waals surface area contributed by atoms with Crippen molar-refractivity contribution in [3.05, 3.63) is 17.5 Å². The smallest absolute Gasteiger partial charge is 0.311 e. The Morgan fingerprint density at radius 3 is 2.87 bits per heavy atom. The number of aliphatic carboxylic acids is 1. The van der Waals surface area contributed by atoms with Crippen molar-refractivity contribution in [1.82, 2.24) is 9.21 Å². The Morgan fingerprint density at radius 2 is 2.26 bits per heavy atom. The molecule has 2 aliphatic heterocycles. The fourth-order valence-electron chi connectivity index (χ4n) is 3.85. The van der Waals surface area contributed by atoms with Crippen molar-refractivity contribution in [2.45, 2.75) is 24.0 Å². The van der Waals surface area contributed by atoms with Crippen molar-refractivity contribution >= 4 is 27.3 Å². The Bertz CT molecular complexity index is 674. The van der Waals surface area contributed by atoms with Gasteiger partial charge < -0.3 is 10.0 Å². The molecule has 0 aliphatic carbocycles. The largest absolute Gasteiger partial charge is 0.481 e. The molecule has 0 amide bonds. The summed E-state index contributed by atoms with van der Waals surface area (Å²) in [5.41, 5.74) is -0.810. The Hall–Kier alpha value is -0.960. The minimum absolute atomic E-state index is 0.155. The highest BCUT2D eigenvalue weighted by Gasteiger charge is 2.54. The van der Waals surface area contributed by atoms with Crippen LogP contribution in [-0.4, -0.2) is 61.4 Å². The molecule has 2 fully saturated rings. The van der Waals surface area contributed by atoms with Gasteiger partial charge in [-0.05, 0) is 30.8 Å². The average molecular weight is 358 g/mol. The number of carboxylic acid groups (broad SMARTS) is 1. The molecular formula is C15H22N2O4S2. The average Bonchev–Trinajstić information content (AvgIpc) is 3.12. The van der Waals surface area contributed by atoms with Crippen LogP contribution in [0.5, 0.6) is 0 Å². The van der Waals surface area contributed by atoms with Gasteiger partial charge in [0.05, 0.1) is 5.41 Å². The molecule has 0 unspecified atom stereocenters. The predicted molar refractivity (Wildman–Crippen MR) is 88.0 cm³/mol. The van der Waals surface area contributed by atoms with Gasteiger partial charge in [0.25, 0.3) is 10.0 Å². The highest BCUT2D eigenvalue weighted by Crippen LogP contribution is 2.43. The molecule has 6 nitrogen and oxygen atoms in total. The zero-order valence-corrected chi connectivity index (χ0v) is 14.8. The van der Waals surface area contributed by atoms with Crippen LogP contribution < -0.4 is 0 Å². The molecular weight excluding hydrogens is 336 g/mol. The third kappa shape index (κ3) is 2.82. The van der Waals surface area contributed by atoms with Crippen LogP contribution in [0, 0.1) is 11.3 Å². The normalized spacial score (nSPS) is 30.0. The van der Waals surface area contributed by atoms with E-state index in [0.717, 1.165) is 6.54 Å². The molecule has 2 atom stereocenters. The van der Waals surface area contributed by atoms with Crippen LogP contribution in [0.4, 0.5) is 0 Å². The van der Waals surface area contributed by atoms with Crippen molar-refractivity contribution in [3.63, 3.8) is 0 Å². The highest BCUT2D eigenvalue weighted by molar-refractivity contribution is 7.91. The maximum absolute atomic E-state index is 12.8. The standard InChI is InChI=1S/C15H22N2O4S2/c1-2-16-9-12-10-17(23(20,21)13-5-3-8-22-13)7-4-6-15(12,11-16)14(18)19/h3,5,8,12H,2,4,6-7,9-11H2,1H3,(H,18,19)/t12-,15+/m1/s1. The molecule has 1 N–H and O–H groups in total. The van der Waals surface area contributed by atoms with E-state index in [0.29, 0.717) is 43.2 Å². The summed E-state index contributed by atoms with van der Waals surface area (Å²) >= 11 is 1.21. The second-order valence-corrected chi connectivity index (χ2v) is 9.50. The van der Waals surface area contributed by atoms with Crippen LogP contribution in [0.3, 0.4) is 0 Å². The van der Waals surface area contributed by atoms with E-state index in [1.165, 1.54) is 15.6 Å². The number of sulfonamides is 1. The van der Waals surface area contributed by atoms with Gasteiger partial charge in [-0.2, -0.15) is 4.31 Å². The number of carboxylic acids is 1. The number of carbonyl (C=O) groups is 1. The number of nitrogens with zero attached hydrogens (tertiary/aromatic N) is 2. The first-order chi connectivity index (χ1) is 10.9. The lowest BCUT2D eigenvalue weighted by Gasteiger charge is -2.29. The molecule has 3 heterocycles. The fraction of sp³-hybridized carbons (Fsp3) is 0.667. The van der Waals surface area contributed by atoms with Gasteiger partial charge in [-0.25, -0.2) is 8.42 Å². The lowest BCUT2D eigenvalue weighted by Crippen LogP contribution is -2.42. The Kier molecular flexibility index (Phi) is 4.52. The molecule has 3 rings (SSSR count). The summed E-state index contributed by atoms with van der Waals surface area (Å²) in [6, 6.07) is 3.34. The van der Waals surface area contributed by atoms with Gasteiger partial charge >= 0.3 is 5.97 Å². The quantitative estimate of drug-likeness (QED) is 0.884. The summed E-state index contributed by atoms with van der Waals surface area (Å²) in [4.78, 5) is 14.1. The third-order valence-electron chi connectivity index (χ3n) is 5.18. The van der Waals surface area contributed by atoms with E-state index >= 15 is 0 Å². The van der Waals surface area contributed by atoms with E-state index in [4.69, 9.17) is 0 Å². The highest BCUT2D eigenvalue weighted by atomic mass is 32.2. The second-order valence-electron chi connectivity index (χ2n) is 6.38. The molecule has 0 saturated carbocycles. The maximum Gasteiger partial charge on any atom is 0.311 e. The minimum Gasteiger partial charge on any atom is -0.481 e. The van der Waals surface area contributed by atoms with Gasteiger partial charge in [0, 0.05) is 32.1 Å². The molecule has 2 aliphatic rings. The van der Waals surface area contributed by atoms with Gasteiger partial charge in [-0.15, -0.1) is 11.3 Å². The summed E-state index contributed by atoms with van der Waals surface area (Å²) < 4.78 is 27.4. The van der Waals surface area contributed by atoms with Crippen molar-refractivity contribution in [3.8, 4) is 0 Å². The van der Waals surface area contributed by atoms with E-state index in [9.17, 15) is 18.3 Å². The first-order valence-electron chi connectivity index (χ1n) is 7.89. The molecule has 8 heteroatoms. The zero-order chi connectivity index (χ0) is 16.7. The number of hydrogen-bond acceptors (Lipinski definition) is 5. The molecule has 128 valence electrons. The van der Waals surface area contributed by atoms with Gasteiger partial charge in [-0.1, -0.05) is 13.0 Å². The van der Waals surface area contributed by atoms with Gasteiger partial charge in [-0.3, -0.25) is 4.79 Å². The van der Waals surface area contributed by atoms with Crippen LogP contribution in [0.15, 0.2) is 21.7 Å². The van der Waals surface area contributed by atoms with Crippen LogP contribution >= 0.6 is 11.3 Å². The zero-order valence-electron chi connectivity index (χ0n) is 13.1. The molecule has 0 bridgehead atoms. The lowest BCUT2D eigenvalue weighted by atomic mass is 9.75. The fourth-order valence-corrected chi connectivity index (χ4v) is 6.52. The molecule has 23 heavy (non-hydrogen) atoms. The van der Waals surface area contributed by atoms with Crippen LogP contribution in [0.2, 0.25) is 0 Å². The molecule has 1 aromatic rings. The summed E-state index contributed by atoms with van der Waals surface area (Å²) in [7, 11) is -3.52. The van der Waals surface area contributed by atoms with E-state index in [-0.39, 0.29) is 5.92 Å². The third-order valence-corrected chi connectivity index (χ3v) is 8.42. The van der Waals surface area contributed by atoms with Gasteiger partial charge in [0.15, 0.2) is 0 Å². The number of rotatable bonds is 4. The Labute approximate surface area is 140 Å². The first-order valence-corrected chi connectivity index (χ1v) is 10.2. The lowest BCUT2D eigenvalue weighted by molar-refractivity contribution is -0.150. The summed E-state index contributed by atoms with van der Waals surface area (Å²) in [6.07, 6.45) is 1.13. The van der Waals surface area contributed by atoms with Crippen molar-refractivity contribution < 1.29 is 18.3 Å². The predicted octanol–water partition coefficient (Wildman–Crippen LogP) is 1.56. The van der Waals surface area contributed by atoms with Gasteiger partial charge in [0.2, 0.25) is 0 Å². The number of likely N-dealkylation sites (tertiary alicyclic amines) is 1. The molecule has 0 aromatic carbocycles. The van der Waals surface area contributed by atoms with Crippen molar-refractivity contribution in [2.75, 3.05) is 32.7 Å². The molecule has 1 aromatic heterocycles. The van der Waals surface area contributed by atoms with E-state index in [1.807, 2.05) is 6.92 Å². The van der Waals surface area contributed by atoms with E-state index in [2.05, 4.69) is 4.90 Å². The SMILES string of the molecule is CCN1C[C@@H]2CN(S(=O)(=O)c3cccs3)CCC[C@]2(C(=O)O)C1.